The van der Waals surface area contributed by atoms with E-state index in [4.69, 9.17) is 4.74 Å². The van der Waals surface area contributed by atoms with Crippen molar-refractivity contribution in [2.75, 3.05) is 27.2 Å². The third kappa shape index (κ3) is 4.64. The molecule has 0 aromatic heterocycles. The van der Waals surface area contributed by atoms with E-state index < -0.39 is 0 Å². The summed E-state index contributed by atoms with van der Waals surface area (Å²) in [5.41, 5.74) is 1.29. The maximum absolute atomic E-state index is 9.23. The number of likely N-dealkylation sites (N-methyl/N-ethyl adjacent to an activating group) is 1. The molecule has 90 valence electrons. The Kier molecular flexibility index (Phi) is 5.29. The van der Waals surface area contributed by atoms with Crippen LogP contribution in [0.2, 0.25) is 0 Å². The van der Waals surface area contributed by atoms with E-state index >= 15 is 0 Å². The molecular weight excluding hydrogens is 202 g/mol. The molecule has 1 N–H and O–H groups in total. The molecule has 0 fully saturated rings. The molecule has 3 heteroatoms. The number of aliphatic hydroxyl groups is 1. The Morgan fingerprint density at radius 3 is 2.44 bits per heavy atom. The molecule has 0 aliphatic carbocycles. The highest BCUT2D eigenvalue weighted by atomic mass is 16.5. The lowest BCUT2D eigenvalue weighted by atomic mass is 10.1. The third-order valence-electron chi connectivity index (χ3n) is 2.52. The SMILES string of the molecule is COc1ccc(CCN(C)CC(C)O)cc1. The van der Waals surface area contributed by atoms with Gasteiger partial charge in [0.15, 0.2) is 0 Å². The van der Waals surface area contributed by atoms with Crippen molar-refractivity contribution in [3.63, 3.8) is 0 Å². The van der Waals surface area contributed by atoms with Crippen molar-refractivity contribution in [1.29, 1.82) is 0 Å². The second kappa shape index (κ2) is 6.51. The van der Waals surface area contributed by atoms with E-state index in [1.54, 1.807) is 7.11 Å². The predicted octanol–water partition coefficient (Wildman–Crippen LogP) is 1.55. The van der Waals surface area contributed by atoms with Crippen LogP contribution >= 0.6 is 0 Å². The largest absolute Gasteiger partial charge is 0.497 e. The zero-order chi connectivity index (χ0) is 12.0. The predicted molar refractivity (Wildman–Crippen MR) is 65.9 cm³/mol. The molecule has 0 amide bonds. The molecule has 1 rings (SSSR count). The molecule has 0 aliphatic heterocycles. The zero-order valence-corrected chi connectivity index (χ0v) is 10.3. The Morgan fingerprint density at radius 2 is 1.94 bits per heavy atom. The van der Waals surface area contributed by atoms with Gasteiger partial charge < -0.3 is 14.7 Å². The quantitative estimate of drug-likeness (QED) is 0.794. The molecular formula is C13H21NO2. The summed E-state index contributed by atoms with van der Waals surface area (Å²) in [6.07, 6.45) is 0.730. The molecule has 0 saturated carbocycles. The van der Waals surface area contributed by atoms with E-state index in [1.807, 2.05) is 26.1 Å². The average molecular weight is 223 g/mol. The maximum Gasteiger partial charge on any atom is 0.118 e. The third-order valence-corrected chi connectivity index (χ3v) is 2.52. The molecule has 16 heavy (non-hydrogen) atoms. The summed E-state index contributed by atoms with van der Waals surface area (Å²) in [5.74, 6) is 0.890. The molecule has 0 radical (unpaired) electrons. The van der Waals surface area contributed by atoms with Crippen LogP contribution in [-0.4, -0.2) is 43.4 Å². The minimum absolute atomic E-state index is 0.263. The van der Waals surface area contributed by atoms with Crippen LogP contribution in [-0.2, 0) is 6.42 Å². The smallest absolute Gasteiger partial charge is 0.118 e. The van der Waals surface area contributed by atoms with E-state index in [-0.39, 0.29) is 6.10 Å². The monoisotopic (exact) mass is 223 g/mol. The van der Waals surface area contributed by atoms with Crippen molar-refractivity contribution in [3.05, 3.63) is 29.8 Å². The first kappa shape index (κ1) is 13.0. The lowest BCUT2D eigenvalue weighted by Gasteiger charge is -2.18. The molecule has 1 atom stereocenters. The van der Waals surface area contributed by atoms with Gasteiger partial charge in [0.05, 0.1) is 13.2 Å². The lowest BCUT2D eigenvalue weighted by Crippen LogP contribution is -2.29. The van der Waals surface area contributed by atoms with Gasteiger partial charge >= 0.3 is 0 Å². The van der Waals surface area contributed by atoms with Crippen molar-refractivity contribution < 1.29 is 9.84 Å². The molecule has 3 nitrogen and oxygen atoms in total. The van der Waals surface area contributed by atoms with Gasteiger partial charge in [-0.25, -0.2) is 0 Å². The number of rotatable bonds is 6. The summed E-state index contributed by atoms with van der Waals surface area (Å²) in [6, 6.07) is 8.11. The van der Waals surface area contributed by atoms with Crippen LogP contribution < -0.4 is 4.74 Å². The Labute approximate surface area is 97.7 Å². The Morgan fingerprint density at radius 1 is 1.31 bits per heavy atom. The van der Waals surface area contributed by atoms with E-state index in [1.165, 1.54) is 5.56 Å². The van der Waals surface area contributed by atoms with Crippen LogP contribution in [0.25, 0.3) is 0 Å². The summed E-state index contributed by atoms with van der Waals surface area (Å²) in [4.78, 5) is 2.13. The van der Waals surface area contributed by atoms with Crippen LogP contribution in [0.5, 0.6) is 5.75 Å². The number of hydrogen-bond acceptors (Lipinski definition) is 3. The van der Waals surface area contributed by atoms with Crippen LogP contribution in [0, 0.1) is 0 Å². The Balaban J connectivity index is 2.36. The van der Waals surface area contributed by atoms with Gasteiger partial charge in [0.25, 0.3) is 0 Å². The Hall–Kier alpha value is -1.06. The number of hydrogen-bond donors (Lipinski definition) is 1. The van der Waals surface area contributed by atoms with E-state index in [2.05, 4.69) is 17.0 Å². The molecule has 0 bridgehead atoms. The standard InChI is InChI=1S/C13H21NO2/c1-11(15)10-14(2)9-8-12-4-6-13(16-3)7-5-12/h4-7,11,15H,8-10H2,1-3H3. The second-order valence-electron chi connectivity index (χ2n) is 4.21. The molecule has 1 aromatic rings. The molecule has 1 aromatic carbocycles. The normalized spacial score (nSPS) is 12.8. The van der Waals surface area contributed by atoms with Gasteiger partial charge in [-0.3, -0.25) is 0 Å². The molecule has 0 heterocycles. The van der Waals surface area contributed by atoms with E-state index in [0.717, 1.165) is 25.3 Å². The van der Waals surface area contributed by atoms with Gasteiger partial charge in [0, 0.05) is 13.1 Å². The average Bonchev–Trinajstić information content (AvgIpc) is 2.26. The highest BCUT2D eigenvalue weighted by Gasteiger charge is 2.03. The number of methoxy groups -OCH3 is 1. The highest BCUT2D eigenvalue weighted by molar-refractivity contribution is 5.27. The second-order valence-corrected chi connectivity index (χ2v) is 4.21. The van der Waals surface area contributed by atoms with Gasteiger partial charge in [0.2, 0.25) is 0 Å². The Bertz CT molecular complexity index is 295. The fourth-order valence-corrected chi connectivity index (χ4v) is 1.65. The van der Waals surface area contributed by atoms with Gasteiger partial charge in [0.1, 0.15) is 5.75 Å². The van der Waals surface area contributed by atoms with Crippen molar-refractivity contribution >= 4 is 0 Å². The highest BCUT2D eigenvalue weighted by Crippen LogP contribution is 2.11. The molecule has 0 spiro atoms. The first-order valence-corrected chi connectivity index (χ1v) is 5.61. The topological polar surface area (TPSA) is 32.7 Å². The van der Waals surface area contributed by atoms with Crippen LogP contribution in [0.4, 0.5) is 0 Å². The van der Waals surface area contributed by atoms with Crippen LogP contribution in [0.3, 0.4) is 0 Å². The summed E-state index contributed by atoms with van der Waals surface area (Å²) in [6.45, 7) is 3.48. The number of ether oxygens (including phenoxy) is 1. The molecule has 0 aliphatic rings. The van der Waals surface area contributed by atoms with Gasteiger partial charge in [-0.05, 0) is 38.1 Å². The summed E-state index contributed by atoms with van der Waals surface area (Å²) < 4.78 is 5.10. The van der Waals surface area contributed by atoms with E-state index in [9.17, 15) is 5.11 Å². The molecule has 0 saturated heterocycles. The first-order valence-electron chi connectivity index (χ1n) is 5.61. The van der Waals surface area contributed by atoms with Crippen molar-refractivity contribution in [3.8, 4) is 5.75 Å². The van der Waals surface area contributed by atoms with Crippen LogP contribution in [0.1, 0.15) is 12.5 Å². The first-order chi connectivity index (χ1) is 7.61. The maximum atomic E-state index is 9.23. The molecule has 1 unspecified atom stereocenters. The minimum atomic E-state index is -0.263. The zero-order valence-electron chi connectivity index (χ0n) is 10.3. The number of nitrogens with zero attached hydrogens (tertiary/aromatic N) is 1. The van der Waals surface area contributed by atoms with Gasteiger partial charge in [-0.1, -0.05) is 12.1 Å². The van der Waals surface area contributed by atoms with Gasteiger partial charge in [-0.15, -0.1) is 0 Å². The minimum Gasteiger partial charge on any atom is -0.497 e. The number of aliphatic hydroxyl groups excluding tert-OH is 1. The van der Waals surface area contributed by atoms with Crippen LogP contribution in [0.15, 0.2) is 24.3 Å². The summed E-state index contributed by atoms with van der Waals surface area (Å²) in [7, 11) is 3.70. The number of benzene rings is 1. The summed E-state index contributed by atoms with van der Waals surface area (Å²) in [5, 5.41) is 9.23. The van der Waals surface area contributed by atoms with Gasteiger partial charge in [-0.2, -0.15) is 0 Å². The fraction of sp³-hybridized carbons (Fsp3) is 0.538. The van der Waals surface area contributed by atoms with E-state index in [0.29, 0.717) is 0 Å². The summed E-state index contributed by atoms with van der Waals surface area (Å²) >= 11 is 0. The van der Waals surface area contributed by atoms with Crippen molar-refractivity contribution in [2.45, 2.75) is 19.4 Å². The lowest BCUT2D eigenvalue weighted by molar-refractivity contribution is 0.142. The van der Waals surface area contributed by atoms with Crippen molar-refractivity contribution in [2.24, 2.45) is 0 Å². The fourth-order valence-electron chi connectivity index (χ4n) is 1.65. The van der Waals surface area contributed by atoms with Crippen molar-refractivity contribution in [1.82, 2.24) is 4.90 Å².